The lowest BCUT2D eigenvalue weighted by molar-refractivity contribution is 0.342. The first-order chi connectivity index (χ1) is 11.9. The van der Waals surface area contributed by atoms with Gasteiger partial charge in [0.15, 0.2) is 5.69 Å². The highest BCUT2D eigenvalue weighted by Gasteiger charge is 2.21. The summed E-state index contributed by atoms with van der Waals surface area (Å²) in [5.41, 5.74) is 3.37. The summed E-state index contributed by atoms with van der Waals surface area (Å²) >= 11 is 0. The van der Waals surface area contributed by atoms with Crippen LogP contribution in [0.1, 0.15) is 100 Å². The van der Waals surface area contributed by atoms with Crippen LogP contribution in [0.4, 0.5) is 0 Å². The molecule has 2 aliphatic carbocycles. The summed E-state index contributed by atoms with van der Waals surface area (Å²) in [5, 5.41) is 14.2. The monoisotopic (exact) mass is 327 g/mol. The van der Waals surface area contributed by atoms with E-state index in [-0.39, 0.29) is 0 Å². The van der Waals surface area contributed by atoms with Crippen LogP contribution in [-0.2, 0) is 19.4 Å². The van der Waals surface area contributed by atoms with Gasteiger partial charge in [-0.15, -0.1) is 0 Å². The van der Waals surface area contributed by atoms with Gasteiger partial charge in [0.05, 0.1) is 0 Å². The number of aromatic nitrogens is 2. The molecule has 0 aliphatic heterocycles. The smallest absolute Gasteiger partial charge is 0.165 e. The average Bonchev–Trinajstić information content (AvgIpc) is 2.78. The van der Waals surface area contributed by atoms with Crippen LogP contribution in [0.15, 0.2) is 0 Å². The van der Waals surface area contributed by atoms with Crippen molar-refractivity contribution in [3.8, 4) is 6.07 Å². The molecule has 1 heterocycles. The molecule has 0 radical (unpaired) electrons. The Bertz CT molecular complexity index is 540. The first kappa shape index (κ1) is 17.5. The van der Waals surface area contributed by atoms with Crippen LogP contribution in [0.2, 0.25) is 0 Å². The first-order valence-electron chi connectivity index (χ1n) is 10.4. The number of hydrogen-bond acceptors (Lipinski definition) is 2. The molecule has 2 aliphatic rings. The van der Waals surface area contributed by atoms with Crippen molar-refractivity contribution in [2.45, 2.75) is 103 Å². The van der Waals surface area contributed by atoms with E-state index in [9.17, 15) is 5.26 Å². The van der Waals surface area contributed by atoms with Crippen molar-refractivity contribution < 1.29 is 0 Å². The van der Waals surface area contributed by atoms with Crippen LogP contribution in [0.5, 0.6) is 0 Å². The quantitative estimate of drug-likeness (QED) is 0.668. The van der Waals surface area contributed by atoms with Gasteiger partial charge in [0.2, 0.25) is 0 Å². The second kappa shape index (κ2) is 9.25. The molecule has 3 heteroatoms. The fraction of sp³-hybridized carbons (Fsp3) is 0.810. The van der Waals surface area contributed by atoms with Crippen molar-refractivity contribution in [3.05, 3.63) is 17.0 Å². The molecule has 0 bridgehead atoms. The Labute approximate surface area is 147 Å². The third-order valence-electron chi connectivity index (χ3n) is 6.02. The Morgan fingerprint density at radius 1 is 0.833 bits per heavy atom. The van der Waals surface area contributed by atoms with Gasteiger partial charge < -0.3 is 0 Å². The molecule has 0 atom stereocenters. The molecule has 0 N–H and O–H groups in total. The van der Waals surface area contributed by atoms with E-state index in [4.69, 9.17) is 5.10 Å². The third-order valence-corrected chi connectivity index (χ3v) is 6.02. The van der Waals surface area contributed by atoms with Gasteiger partial charge >= 0.3 is 0 Å². The molecule has 1 fully saturated rings. The zero-order chi connectivity index (χ0) is 16.6. The van der Waals surface area contributed by atoms with E-state index in [2.05, 4.69) is 10.8 Å². The number of nitriles is 1. The lowest BCUT2D eigenvalue weighted by atomic mass is 9.95. The number of hydrogen-bond donors (Lipinski definition) is 0. The minimum atomic E-state index is 0.712. The van der Waals surface area contributed by atoms with Gasteiger partial charge in [0, 0.05) is 17.8 Å². The van der Waals surface area contributed by atoms with Gasteiger partial charge in [0.1, 0.15) is 6.07 Å². The Kier molecular flexibility index (Phi) is 6.75. The third kappa shape index (κ3) is 4.62. The second-order valence-corrected chi connectivity index (χ2v) is 7.90. The number of fused-ring (bicyclic) bond motifs is 1. The zero-order valence-corrected chi connectivity index (χ0v) is 15.2. The summed E-state index contributed by atoms with van der Waals surface area (Å²) < 4.78 is 2.24. The molecule has 0 saturated heterocycles. The van der Waals surface area contributed by atoms with Crippen LogP contribution >= 0.6 is 0 Å². The molecule has 1 saturated carbocycles. The summed E-state index contributed by atoms with van der Waals surface area (Å²) in [6.07, 6.45) is 19.9. The van der Waals surface area contributed by atoms with E-state index in [1.54, 1.807) is 0 Å². The zero-order valence-electron chi connectivity index (χ0n) is 15.2. The van der Waals surface area contributed by atoms with Gasteiger partial charge in [0.25, 0.3) is 0 Å². The van der Waals surface area contributed by atoms with Crippen LogP contribution < -0.4 is 0 Å². The Balaban J connectivity index is 1.71. The van der Waals surface area contributed by atoms with Crippen LogP contribution in [-0.4, -0.2) is 9.78 Å². The highest BCUT2D eigenvalue weighted by Crippen LogP contribution is 2.27. The summed E-state index contributed by atoms with van der Waals surface area (Å²) in [7, 11) is 0. The van der Waals surface area contributed by atoms with Crippen molar-refractivity contribution in [3.63, 3.8) is 0 Å². The maximum atomic E-state index is 9.46. The molecule has 1 aromatic heterocycles. The van der Waals surface area contributed by atoms with Crippen molar-refractivity contribution in [2.24, 2.45) is 5.92 Å². The highest BCUT2D eigenvalue weighted by atomic mass is 15.3. The van der Waals surface area contributed by atoms with Crippen molar-refractivity contribution in [1.29, 1.82) is 5.26 Å². The maximum absolute atomic E-state index is 9.46. The molecule has 132 valence electrons. The van der Waals surface area contributed by atoms with E-state index in [0.717, 1.165) is 25.3 Å². The maximum Gasteiger partial charge on any atom is 0.165 e. The van der Waals surface area contributed by atoms with Crippen molar-refractivity contribution in [2.75, 3.05) is 0 Å². The molecule has 0 aromatic carbocycles. The van der Waals surface area contributed by atoms with Crippen LogP contribution in [0.3, 0.4) is 0 Å². The molecule has 3 nitrogen and oxygen atoms in total. The van der Waals surface area contributed by atoms with E-state index >= 15 is 0 Å². The molecule has 0 amide bonds. The lowest BCUT2D eigenvalue weighted by Gasteiger charge is -2.18. The Morgan fingerprint density at radius 2 is 1.42 bits per heavy atom. The average molecular weight is 328 g/mol. The van der Waals surface area contributed by atoms with Crippen molar-refractivity contribution in [1.82, 2.24) is 9.78 Å². The minimum absolute atomic E-state index is 0.712. The molecule has 1 aromatic rings. The summed E-state index contributed by atoms with van der Waals surface area (Å²) in [6.45, 7) is 1.05. The molecule has 3 rings (SSSR count). The topological polar surface area (TPSA) is 41.6 Å². The van der Waals surface area contributed by atoms with Gasteiger partial charge in [-0.2, -0.15) is 10.4 Å². The molecular weight excluding hydrogens is 294 g/mol. The predicted molar refractivity (Wildman–Crippen MR) is 97.9 cm³/mol. The van der Waals surface area contributed by atoms with Crippen molar-refractivity contribution >= 4 is 0 Å². The Hall–Kier alpha value is -1.30. The SMILES string of the molecule is N#Cc1nn(CC2CCCCCCCCCC2)c2c1CCCCC2. The first-order valence-corrected chi connectivity index (χ1v) is 10.4. The highest BCUT2D eigenvalue weighted by molar-refractivity contribution is 5.36. The summed E-state index contributed by atoms with van der Waals surface area (Å²) in [6, 6.07) is 2.36. The largest absolute Gasteiger partial charge is 0.268 e. The summed E-state index contributed by atoms with van der Waals surface area (Å²) in [5.74, 6) is 0.752. The molecular formula is C21H33N3. The van der Waals surface area contributed by atoms with E-state index in [1.807, 2.05) is 0 Å². The summed E-state index contributed by atoms with van der Waals surface area (Å²) in [4.78, 5) is 0. The van der Waals surface area contributed by atoms with Crippen LogP contribution in [0.25, 0.3) is 0 Å². The number of nitrogens with zero attached hydrogens (tertiary/aromatic N) is 3. The van der Waals surface area contributed by atoms with Gasteiger partial charge in [-0.25, -0.2) is 0 Å². The molecule has 0 spiro atoms. The molecule has 0 unspecified atom stereocenters. The van der Waals surface area contributed by atoms with E-state index in [1.165, 1.54) is 94.7 Å². The van der Waals surface area contributed by atoms with E-state index < -0.39 is 0 Å². The Morgan fingerprint density at radius 3 is 2.08 bits per heavy atom. The molecule has 24 heavy (non-hydrogen) atoms. The van der Waals surface area contributed by atoms with Gasteiger partial charge in [-0.05, 0) is 44.4 Å². The predicted octanol–water partition coefficient (Wildman–Crippen LogP) is 5.55. The van der Waals surface area contributed by atoms with Crippen LogP contribution in [0, 0.1) is 17.2 Å². The van der Waals surface area contributed by atoms with Gasteiger partial charge in [-0.3, -0.25) is 4.68 Å². The normalized spacial score (nSPS) is 21.3. The second-order valence-electron chi connectivity index (χ2n) is 7.90. The van der Waals surface area contributed by atoms with E-state index in [0.29, 0.717) is 5.69 Å². The number of rotatable bonds is 2. The fourth-order valence-corrected chi connectivity index (χ4v) is 4.59. The fourth-order valence-electron chi connectivity index (χ4n) is 4.59. The minimum Gasteiger partial charge on any atom is -0.268 e. The lowest BCUT2D eigenvalue weighted by Crippen LogP contribution is -2.15. The van der Waals surface area contributed by atoms with Gasteiger partial charge in [-0.1, -0.05) is 57.8 Å². The standard InChI is InChI=1S/C21H33N3/c22-16-20-19-14-10-7-11-15-21(19)24(23-20)17-18-12-8-5-3-1-2-4-6-9-13-18/h18H,1-15,17H2.